The molecule has 2 fully saturated rings. The van der Waals surface area contributed by atoms with Gasteiger partial charge in [-0.25, -0.2) is 4.79 Å². The van der Waals surface area contributed by atoms with Crippen molar-refractivity contribution >= 4 is 63.6 Å². The first kappa shape index (κ1) is 36.0. The molecule has 0 spiro atoms. The van der Waals surface area contributed by atoms with Gasteiger partial charge in [-0.2, -0.15) is 0 Å². The number of carbonyl (C=O) groups excluding carboxylic acids is 1. The van der Waals surface area contributed by atoms with Crippen molar-refractivity contribution in [2.75, 3.05) is 32.8 Å². The quantitative estimate of drug-likeness (QED) is 0.209. The predicted molar refractivity (Wildman–Crippen MR) is 208 cm³/mol. The Balaban J connectivity index is 0.000000162. The number of benzene rings is 2. The van der Waals surface area contributed by atoms with Crippen molar-refractivity contribution in [2.45, 2.75) is 58.3 Å². The van der Waals surface area contributed by atoms with Gasteiger partial charge in [0, 0.05) is 56.7 Å². The Morgan fingerprint density at radius 3 is 1.67 bits per heavy atom. The molecule has 8 rings (SSSR count). The van der Waals surface area contributed by atoms with Gasteiger partial charge in [0.05, 0.1) is 18.0 Å². The van der Waals surface area contributed by atoms with E-state index in [1.807, 2.05) is 43.5 Å². The molecule has 0 bridgehead atoms. The fraction of sp³-hybridized carbons (Fsp3) is 0.341. The summed E-state index contributed by atoms with van der Waals surface area (Å²) < 4.78 is 5.15. The van der Waals surface area contributed by atoms with E-state index in [4.69, 9.17) is 61.1 Å². The number of ether oxygens (including phenoxy) is 1. The maximum atomic E-state index is 12.1. The number of halogens is 4. The lowest BCUT2D eigenvalue weighted by atomic mass is 9.88. The lowest BCUT2D eigenvalue weighted by Gasteiger charge is -2.29. The summed E-state index contributed by atoms with van der Waals surface area (Å²) in [4.78, 5) is 23.3. The Hall–Kier alpha value is -3.39. The molecule has 2 aliphatic heterocycles. The zero-order chi connectivity index (χ0) is 35.5. The molecule has 0 saturated carbocycles. The van der Waals surface area contributed by atoms with Gasteiger partial charge in [-0.05, 0) is 141 Å². The normalized spacial score (nSPS) is 16.8. The number of pyridine rings is 2. The minimum absolute atomic E-state index is 0.235. The van der Waals surface area contributed by atoms with E-state index in [0.29, 0.717) is 19.7 Å². The van der Waals surface area contributed by atoms with Crippen molar-refractivity contribution in [3.63, 3.8) is 0 Å². The van der Waals surface area contributed by atoms with Crippen LogP contribution in [-0.2, 0) is 30.4 Å². The predicted octanol–water partition coefficient (Wildman–Crippen LogP) is 10.2. The summed E-state index contributed by atoms with van der Waals surface area (Å²) >= 11 is 25.5. The summed E-state index contributed by atoms with van der Waals surface area (Å²) in [7, 11) is 0. The summed E-state index contributed by atoms with van der Waals surface area (Å²) in [6, 6.07) is 16.1. The molecule has 1 N–H and O–H groups in total. The largest absolute Gasteiger partial charge is 0.450 e. The van der Waals surface area contributed by atoms with E-state index in [9.17, 15) is 4.79 Å². The molecule has 51 heavy (non-hydrogen) atoms. The van der Waals surface area contributed by atoms with Crippen LogP contribution >= 0.6 is 46.4 Å². The van der Waals surface area contributed by atoms with Crippen LogP contribution in [0.25, 0.3) is 11.1 Å². The van der Waals surface area contributed by atoms with Crippen LogP contribution in [0.1, 0.15) is 77.4 Å². The third kappa shape index (κ3) is 7.72. The van der Waals surface area contributed by atoms with E-state index < -0.39 is 0 Å². The molecule has 2 aliphatic carbocycles. The van der Waals surface area contributed by atoms with Crippen LogP contribution in [-0.4, -0.2) is 53.7 Å². The van der Waals surface area contributed by atoms with E-state index in [1.54, 1.807) is 11.1 Å². The average Bonchev–Trinajstić information content (AvgIpc) is 3.41. The molecule has 264 valence electrons. The van der Waals surface area contributed by atoms with E-state index in [1.165, 1.54) is 44.5 Å². The van der Waals surface area contributed by atoms with E-state index >= 15 is 0 Å². The van der Waals surface area contributed by atoms with Crippen molar-refractivity contribution < 1.29 is 9.53 Å². The first-order valence-electron chi connectivity index (χ1n) is 17.7. The van der Waals surface area contributed by atoms with Gasteiger partial charge >= 0.3 is 6.09 Å². The molecule has 6 nitrogen and oxygen atoms in total. The van der Waals surface area contributed by atoms with Crippen molar-refractivity contribution in [2.24, 2.45) is 0 Å². The van der Waals surface area contributed by atoms with Gasteiger partial charge in [-0.15, -0.1) is 0 Å². The number of carbonyl (C=O) groups is 1. The number of aryl methyl sites for hydroxylation is 2. The second-order valence-corrected chi connectivity index (χ2v) is 14.9. The zero-order valence-electron chi connectivity index (χ0n) is 28.6. The fourth-order valence-corrected chi connectivity index (χ4v) is 8.63. The highest BCUT2D eigenvalue weighted by molar-refractivity contribution is 6.32. The number of fused-ring (bicyclic) bond motifs is 4. The second-order valence-electron chi connectivity index (χ2n) is 13.2. The Morgan fingerprint density at radius 1 is 0.686 bits per heavy atom. The average molecular weight is 763 g/mol. The van der Waals surface area contributed by atoms with E-state index in [-0.39, 0.29) is 6.09 Å². The van der Waals surface area contributed by atoms with Gasteiger partial charge in [0.2, 0.25) is 0 Å². The first-order valence-corrected chi connectivity index (χ1v) is 19.2. The summed E-state index contributed by atoms with van der Waals surface area (Å²) in [5.74, 6) is 0. The molecule has 4 heterocycles. The molecule has 2 aromatic heterocycles. The first-order chi connectivity index (χ1) is 24.8. The van der Waals surface area contributed by atoms with Crippen molar-refractivity contribution in [1.29, 1.82) is 0 Å². The molecule has 0 atom stereocenters. The smallest absolute Gasteiger partial charge is 0.409 e. The number of hydrogen-bond acceptors (Lipinski definition) is 5. The Morgan fingerprint density at radius 2 is 1.18 bits per heavy atom. The minimum Gasteiger partial charge on any atom is -0.450 e. The van der Waals surface area contributed by atoms with Gasteiger partial charge in [0.1, 0.15) is 0 Å². The topological polar surface area (TPSA) is 67.3 Å². The minimum atomic E-state index is -0.235. The molecule has 1 amide bonds. The van der Waals surface area contributed by atoms with E-state index in [0.717, 1.165) is 107 Å². The zero-order valence-corrected chi connectivity index (χ0v) is 31.7. The SMILES string of the molecule is CCOC(=O)N1CCC(=C2c3ccc(Cl)cc3CCc3c(Cl)ccnc32)CC1.Clc1ccc2c(c1)CCc1c(Cl)ccnc1C2=C1CCNCC1. The lowest BCUT2D eigenvalue weighted by molar-refractivity contribution is 0.104. The molecular weight excluding hydrogens is 722 g/mol. The third-order valence-electron chi connectivity index (χ3n) is 10.2. The number of rotatable bonds is 1. The highest BCUT2D eigenvalue weighted by atomic mass is 35.5. The fourth-order valence-electron chi connectivity index (χ4n) is 7.76. The van der Waals surface area contributed by atoms with Crippen LogP contribution in [0.2, 0.25) is 20.1 Å². The number of hydrogen-bond donors (Lipinski definition) is 1. The van der Waals surface area contributed by atoms with Crippen LogP contribution in [0.5, 0.6) is 0 Å². The number of aromatic nitrogens is 2. The maximum Gasteiger partial charge on any atom is 0.409 e. The second kappa shape index (κ2) is 16.1. The highest BCUT2D eigenvalue weighted by Crippen LogP contribution is 2.41. The molecule has 2 aromatic carbocycles. The van der Waals surface area contributed by atoms with Gasteiger partial charge in [0.15, 0.2) is 0 Å². The van der Waals surface area contributed by atoms with Crippen LogP contribution in [0.3, 0.4) is 0 Å². The maximum absolute atomic E-state index is 12.1. The number of amides is 1. The van der Waals surface area contributed by atoms with Crippen LogP contribution < -0.4 is 5.32 Å². The Kier molecular flexibility index (Phi) is 11.4. The standard InChI is InChI=1S/C22H22Cl2N2O2.C19H18Cl2N2/c1-2-28-22(27)26-11-8-14(9-12-26)20-17-6-4-16(23)13-15(17)3-5-18-19(24)7-10-25-21(18)20;20-14-2-4-15-13(11-14)1-3-16-17(21)7-10-23-19(16)18(15)12-5-8-22-9-6-12/h4,6-7,10,13H,2-3,5,8-9,11-12H2,1H3;2,4,7,10-11,22H,1,3,5-6,8-9H2. The number of piperidine rings is 2. The number of nitrogens with one attached hydrogen (secondary N) is 1. The lowest BCUT2D eigenvalue weighted by Crippen LogP contribution is -2.37. The monoisotopic (exact) mass is 760 g/mol. The number of likely N-dealkylation sites (tertiary alicyclic amines) is 1. The Bertz CT molecular complexity index is 2020. The van der Waals surface area contributed by atoms with Crippen LogP contribution in [0.4, 0.5) is 4.79 Å². The van der Waals surface area contributed by atoms with Crippen molar-refractivity contribution in [3.8, 4) is 0 Å². The molecule has 10 heteroatoms. The summed E-state index contributed by atoms with van der Waals surface area (Å²) in [5.41, 5.74) is 14.5. The van der Waals surface area contributed by atoms with Crippen molar-refractivity contribution in [3.05, 3.63) is 137 Å². The van der Waals surface area contributed by atoms with Gasteiger partial charge in [-0.1, -0.05) is 69.7 Å². The third-order valence-corrected chi connectivity index (χ3v) is 11.4. The van der Waals surface area contributed by atoms with E-state index in [2.05, 4.69) is 23.5 Å². The van der Waals surface area contributed by atoms with Gasteiger partial charge in [0.25, 0.3) is 0 Å². The molecule has 0 radical (unpaired) electrons. The molecule has 2 saturated heterocycles. The molecular formula is C41H40Cl4N4O2. The molecule has 4 aliphatic rings. The van der Waals surface area contributed by atoms with Crippen LogP contribution in [0.15, 0.2) is 72.1 Å². The van der Waals surface area contributed by atoms with Crippen LogP contribution in [0, 0.1) is 0 Å². The van der Waals surface area contributed by atoms with Crippen molar-refractivity contribution in [1.82, 2.24) is 20.2 Å². The van der Waals surface area contributed by atoms with Gasteiger partial charge in [-0.3, -0.25) is 9.97 Å². The van der Waals surface area contributed by atoms with Gasteiger partial charge < -0.3 is 15.0 Å². The Labute approximate surface area is 319 Å². The summed E-state index contributed by atoms with van der Waals surface area (Å²) in [5, 5.41) is 6.55. The molecule has 0 unspecified atom stereocenters. The molecule has 4 aromatic rings. The number of nitrogens with zero attached hydrogens (tertiary/aromatic N) is 3. The summed E-state index contributed by atoms with van der Waals surface area (Å²) in [6.45, 7) is 5.57. The summed E-state index contributed by atoms with van der Waals surface area (Å²) in [6.07, 6.45) is 10.6. The highest BCUT2D eigenvalue weighted by Gasteiger charge is 2.28.